The summed E-state index contributed by atoms with van der Waals surface area (Å²) >= 11 is 4.04. The number of aliphatic hydroxyl groups excluding tert-OH is 1. The molecule has 0 spiro atoms. The number of rotatable bonds is 13. The van der Waals surface area contributed by atoms with Crippen molar-refractivity contribution < 1.29 is 39.3 Å². The number of aromatic nitrogens is 1. The van der Waals surface area contributed by atoms with Crippen molar-refractivity contribution in [1.82, 2.24) is 20.9 Å². The SMILES string of the molecule is CC(O)C(NC(=O)C(Cc1c[nH]c2ccccc12)NC(=O)C(CS)NC(=O)C(N)CC(=O)O)C(=O)O. The van der Waals surface area contributed by atoms with Gasteiger partial charge in [0.05, 0.1) is 18.6 Å². The maximum absolute atomic E-state index is 13.0. The minimum Gasteiger partial charge on any atom is -0.481 e. The number of hydrogen-bond donors (Lipinski definition) is 9. The van der Waals surface area contributed by atoms with Crippen LogP contribution in [0.25, 0.3) is 10.9 Å². The Morgan fingerprint density at radius 1 is 1.00 bits per heavy atom. The summed E-state index contributed by atoms with van der Waals surface area (Å²) in [5.74, 6) is -5.58. The lowest BCUT2D eigenvalue weighted by molar-refractivity contribution is -0.145. The Kier molecular flexibility index (Phi) is 10.3. The molecule has 0 fully saturated rings. The Bertz CT molecular complexity index is 1120. The fourth-order valence-electron chi connectivity index (χ4n) is 3.40. The molecule has 0 aliphatic carbocycles. The monoisotopic (exact) mass is 523 g/mol. The standard InChI is InChI=1S/C22H29N5O8S/c1-10(28)18(22(34)35)27-20(32)15(6-11-8-24-14-5-3-2-4-12(11)14)25-21(33)16(9-36)26-19(31)13(23)7-17(29)30/h2-5,8,10,13,15-16,18,24,28,36H,6-7,9,23H2,1H3,(H,25,33)(H,26,31)(H,27,32)(H,29,30)(H,34,35). The van der Waals surface area contributed by atoms with Crippen LogP contribution in [0.2, 0.25) is 0 Å². The predicted molar refractivity (Wildman–Crippen MR) is 131 cm³/mol. The molecule has 3 amide bonds. The molecule has 0 saturated carbocycles. The first-order valence-electron chi connectivity index (χ1n) is 10.9. The fourth-order valence-corrected chi connectivity index (χ4v) is 3.66. The molecule has 0 aliphatic rings. The lowest BCUT2D eigenvalue weighted by Crippen LogP contribution is -2.59. The largest absolute Gasteiger partial charge is 0.481 e. The quantitative estimate of drug-likeness (QED) is 0.137. The van der Waals surface area contributed by atoms with Crippen LogP contribution in [0, 0.1) is 0 Å². The van der Waals surface area contributed by atoms with Gasteiger partial charge in [-0.25, -0.2) is 4.79 Å². The molecular weight excluding hydrogens is 494 g/mol. The third-order valence-corrected chi connectivity index (χ3v) is 5.69. The summed E-state index contributed by atoms with van der Waals surface area (Å²) in [6, 6.07) is 1.59. The maximum Gasteiger partial charge on any atom is 0.328 e. The average molecular weight is 524 g/mol. The number of carbonyl (C=O) groups excluding carboxylic acids is 3. The predicted octanol–water partition coefficient (Wildman–Crippen LogP) is -1.64. The summed E-state index contributed by atoms with van der Waals surface area (Å²) < 4.78 is 0. The number of aromatic amines is 1. The second kappa shape index (κ2) is 12.9. The average Bonchev–Trinajstić information content (AvgIpc) is 3.21. The van der Waals surface area contributed by atoms with Crippen LogP contribution in [0.1, 0.15) is 18.9 Å². The normalized spacial score (nSPS) is 15.2. The van der Waals surface area contributed by atoms with Gasteiger partial charge in [0, 0.05) is 29.3 Å². The Hall–Kier alpha value is -3.62. The molecule has 9 N–H and O–H groups in total. The molecule has 13 nitrogen and oxygen atoms in total. The zero-order valence-corrected chi connectivity index (χ0v) is 20.2. The van der Waals surface area contributed by atoms with Crippen molar-refractivity contribution in [3.63, 3.8) is 0 Å². The zero-order chi connectivity index (χ0) is 27.0. The molecule has 5 atom stereocenters. The van der Waals surface area contributed by atoms with E-state index < -0.39 is 66.4 Å². The molecule has 1 aromatic carbocycles. The van der Waals surface area contributed by atoms with E-state index in [2.05, 4.69) is 33.6 Å². The Balaban J connectivity index is 2.26. The third kappa shape index (κ3) is 7.69. The number of benzene rings is 1. The highest BCUT2D eigenvalue weighted by molar-refractivity contribution is 7.80. The number of thiol groups is 1. The van der Waals surface area contributed by atoms with Crippen molar-refractivity contribution in [3.8, 4) is 0 Å². The number of para-hydroxylation sites is 1. The van der Waals surface area contributed by atoms with Crippen LogP contribution in [0.4, 0.5) is 0 Å². The van der Waals surface area contributed by atoms with E-state index in [1.165, 1.54) is 6.92 Å². The number of carboxylic acid groups (broad SMARTS) is 2. The van der Waals surface area contributed by atoms with Gasteiger partial charge >= 0.3 is 11.9 Å². The van der Waals surface area contributed by atoms with Crippen LogP contribution in [0.15, 0.2) is 30.5 Å². The first-order valence-corrected chi connectivity index (χ1v) is 11.5. The van der Waals surface area contributed by atoms with E-state index >= 15 is 0 Å². The number of hydrogen-bond acceptors (Lipinski definition) is 8. The third-order valence-electron chi connectivity index (χ3n) is 5.33. The Morgan fingerprint density at radius 3 is 2.19 bits per heavy atom. The maximum atomic E-state index is 13.0. The van der Waals surface area contributed by atoms with Crippen LogP contribution >= 0.6 is 12.6 Å². The van der Waals surface area contributed by atoms with Crippen molar-refractivity contribution in [2.24, 2.45) is 5.73 Å². The van der Waals surface area contributed by atoms with Gasteiger partial charge in [0.15, 0.2) is 6.04 Å². The first kappa shape index (κ1) is 28.6. The van der Waals surface area contributed by atoms with Gasteiger partial charge in [-0.05, 0) is 18.6 Å². The molecule has 2 rings (SSSR count). The van der Waals surface area contributed by atoms with Crippen molar-refractivity contribution >= 4 is 53.2 Å². The molecule has 0 bridgehead atoms. The fraction of sp³-hybridized carbons (Fsp3) is 0.409. The number of amides is 3. The van der Waals surface area contributed by atoms with Gasteiger partial charge in [0.2, 0.25) is 17.7 Å². The first-order chi connectivity index (χ1) is 16.9. The van der Waals surface area contributed by atoms with E-state index in [9.17, 15) is 34.2 Å². The van der Waals surface area contributed by atoms with Crippen LogP contribution in [-0.2, 0) is 30.4 Å². The van der Waals surface area contributed by atoms with E-state index in [1.54, 1.807) is 18.3 Å². The smallest absolute Gasteiger partial charge is 0.328 e. The van der Waals surface area contributed by atoms with E-state index in [0.717, 1.165) is 10.9 Å². The molecule has 0 radical (unpaired) electrons. The van der Waals surface area contributed by atoms with Crippen molar-refractivity contribution in [2.45, 2.75) is 50.0 Å². The van der Waals surface area contributed by atoms with Crippen molar-refractivity contribution in [3.05, 3.63) is 36.0 Å². The summed E-state index contributed by atoms with van der Waals surface area (Å²) in [4.78, 5) is 63.4. The van der Waals surface area contributed by atoms with E-state index in [1.807, 2.05) is 12.1 Å². The van der Waals surface area contributed by atoms with Gasteiger partial charge in [0.1, 0.15) is 12.1 Å². The summed E-state index contributed by atoms with van der Waals surface area (Å²) in [5, 5.41) is 35.6. The van der Waals surface area contributed by atoms with Crippen LogP contribution < -0.4 is 21.7 Å². The lowest BCUT2D eigenvalue weighted by Gasteiger charge is -2.25. The molecule has 196 valence electrons. The Morgan fingerprint density at radius 2 is 1.61 bits per heavy atom. The topological polar surface area (TPSA) is 224 Å². The second-order valence-corrected chi connectivity index (χ2v) is 8.50. The summed E-state index contributed by atoms with van der Waals surface area (Å²) in [6.45, 7) is 1.19. The van der Waals surface area contributed by atoms with Gasteiger partial charge in [0.25, 0.3) is 0 Å². The molecule has 14 heteroatoms. The highest BCUT2D eigenvalue weighted by Gasteiger charge is 2.32. The van der Waals surface area contributed by atoms with Gasteiger partial charge in [-0.15, -0.1) is 0 Å². The summed E-state index contributed by atoms with van der Waals surface area (Å²) in [5.41, 5.74) is 6.95. The van der Waals surface area contributed by atoms with Crippen molar-refractivity contribution in [2.75, 3.05) is 5.75 Å². The summed E-state index contributed by atoms with van der Waals surface area (Å²) in [6.07, 6.45) is -0.493. The molecule has 1 aromatic heterocycles. The number of aliphatic hydroxyl groups is 1. The van der Waals surface area contributed by atoms with E-state index in [4.69, 9.17) is 10.8 Å². The summed E-state index contributed by atoms with van der Waals surface area (Å²) in [7, 11) is 0. The van der Waals surface area contributed by atoms with Gasteiger partial charge < -0.3 is 42.0 Å². The molecule has 2 aromatic rings. The molecule has 1 heterocycles. The molecule has 36 heavy (non-hydrogen) atoms. The molecule has 5 unspecified atom stereocenters. The lowest BCUT2D eigenvalue weighted by atomic mass is 10.0. The number of carboxylic acids is 2. The van der Waals surface area contributed by atoms with Crippen LogP contribution in [-0.4, -0.2) is 86.0 Å². The minimum absolute atomic E-state index is 0.0561. The number of carbonyl (C=O) groups is 5. The van der Waals surface area contributed by atoms with E-state index in [-0.39, 0.29) is 12.2 Å². The second-order valence-electron chi connectivity index (χ2n) is 8.14. The van der Waals surface area contributed by atoms with Crippen LogP contribution in [0.5, 0.6) is 0 Å². The number of aliphatic carboxylic acids is 2. The van der Waals surface area contributed by atoms with Crippen molar-refractivity contribution in [1.29, 1.82) is 0 Å². The minimum atomic E-state index is -1.63. The van der Waals surface area contributed by atoms with Gasteiger partial charge in [-0.3, -0.25) is 19.2 Å². The molecular formula is C22H29N5O8S. The zero-order valence-electron chi connectivity index (χ0n) is 19.3. The van der Waals surface area contributed by atoms with Crippen LogP contribution in [0.3, 0.4) is 0 Å². The van der Waals surface area contributed by atoms with E-state index in [0.29, 0.717) is 5.56 Å². The highest BCUT2D eigenvalue weighted by atomic mass is 32.1. The number of nitrogens with one attached hydrogen (secondary N) is 4. The molecule has 0 aliphatic heterocycles. The molecule has 0 saturated heterocycles. The van der Waals surface area contributed by atoms with Gasteiger partial charge in [-0.1, -0.05) is 18.2 Å². The number of fused-ring (bicyclic) bond motifs is 1. The Labute approximate surface area is 211 Å². The number of H-pyrrole nitrogens is 1. The van der Waals surface area contributed by atoms with Gasteiger partial charge in [-0.2, -0.15) is 12.6 Å². The highest BCUT2D eigenvalue weighted by Crippen LogP contribution is 2.19. The number of nitrogens with two attached hydrogens (primary N) is 1.